The lowest BCUT2D eigenvalue weighted by Gasteiger charge is -2.27. The van der Waals surface area contributed by atoms with Gasteiger partial charge in [0.1, 0.15) is 5.82 Å². The van der Waals surface area contributed by atoms with Crippen LogP contribution in [0.1, 0.15) is 18.9 Å². The van der Waals surface area contributed by atoms with Crippen molar-refractivity contribution >= 4 is 17.5 Å². The molecule has 1 heterocycles. The number of nitrogens with zero attached hydrogens (tertiary/aromatic N) is 1. The van der Waals surface area contributed by atoms with Crippen molar-refractivity contribution in [3.05, 3.63) is 34.6 Å². The van der Waals surface area contributed by atoms with E-state index in [4.69, 9.17) is 11.6 Å². The van der Waals surface area contributed by atoms with Crippen molar-refractivity contribution < 1.29 is 9.18 Å². The Kier molecular flexibility index (Phi) is 4.77. The molecule has 1 N–H and O–H groups in total. The minimum Gasteiger partial charge on any atom is -0.338 e. The predicted octanol–water partition coefficient (Wildman–Crippen LogP) is 2.23. The number of carbonyl (C=O) groups is 1. The Morgan fingerprint density at radius 1 is 1.58 bits per heavy atom. The summed E-state index contributed by atoms with van der Waals surface area (Å²) in [6.07, 6.45) is 0.973. The first-order valence-electron chi connectivity index (χ1n) is 6.56. The first kappa shape index (κ1) is 14.3. The van der Waals surface area contributed by atoms with Gasteiger partial charge in [0.2, 0.25) is 5.91 Å². The SMILES string of the molecule is CCN(C(=O)Cc1c(F)cccc1Cl)C1CCNC1. The van der Waals surface area contributed by atoms with E-state index in [0.717, 1.165) is 19.5 Å². The maximum atomic E-state index is 13.7. The van der Waals surface area contributed by atoms with Gasteiger partial charge in [-0.15, -0.1) is 0 Å². The summed E-state index contributed by atoms with van der Waals surface area (Å²) in [5.74, 6) is -0.482. The number of benzene rings is 1. The smallest absolute Gasteiger partial charge is 0.227 e. The van der Waals surface area contributed by atoms with Crippen molar-refractivity contribution in [1.82, 2.24) is 10.2 Å². The van der Waals surface area contributed by atoms with Gasteiger partial charge in [-0.25, -0.2) is 4.39 Å². The van der Waals surface area contributed by atoms with Crippen molar-refractivity contribution in [3.8, 4) is 0 Å². The Bertz CT molecular complexity index is 441. The van der Waals surface area contributed by atoms with Gasteiger partial charge >= 0.3 is 0 Å². The van der Waals surface area contributed by atoms with Crippen LogP contribution in [0, 0.1) is 5.82 Å². The summed E-state index contributed by atoms with van der Waals surface area (Å²) < 4.78 is 13.7. The Morgan fingerprint density at radius 3 is 2.95 bits per heavy atom. The fourth-order valence-corrected chi connectivity index (χ4v) is 2.73. The van der Waals surface area contributed by atoms with E-state index in [2.05, 4.69) is 5.32 Å². The van der Waals surface area contributed by atoms with Crippen LogP contribution < -0.4 is 5.32 Å². The van der Waals surface area contributed by atoms with Crippen LogP contribution in [-0.4, -0.2) is 36.5 Å². The van der Waals surface area contributed by atoms with E-state index in [9.17, 15) is 9.18 Å². The molecule has 1 aliphatic rings. The molecule has 0 saturated carbocycles. The van der Waals surface area contributed by atoms with Gasteiger partial charge in [-0.05, 0) is 32.0 Å². The van der Waals surface area contributed by atoms with Crippen LogP contribution >= 0.6 is 11.6 Å². The summed E-state index contributed by atoms with van der Waals surface area (Å²) in [4.78, 5) is 14.1. The molecule has 104 valence electrons. The predicted molar refractivity (Wildman–Crippen MR) is 73.8 cm³/mol. The monoisotopic (exact) mass is 284 g/mol. The molecular formula is C14H18ClFN2O. The van der Waals surface area contributed by atoms with Crippen LogP contribution in [0.3, 0.4) is 0 Å². The molecular weight excluding hydrogens is 267 g/mol. The summed E-state index contributed by atoms with van der Waals surface area (Å²) in [5, 5.41) is 3.55. The van der Waals surface area contributed by atoms with Crippen molar-refractivity contribution in [2.45, 2.75) is 25.8 Å². The second-order valence-electron chi connectivity index (χ2n) is 4.70. The highest BCUT2D eigenvalue weighted by atomic mass is 35.5. The van der Waals surface area contributed by atoms with E-state index < -0.39 is 5.82 Å². The van der Waals surface area contributed by atoms with E-state index in [-0.39, 0.29) is 18.4 Å². The lowest BCUT2D eigenvalue weighted by atomic mass is 10.1. The molecule has 0 radical (unpaired) electrons. The van der Waals surface area contributed by atoms with E-state index >= 15 is 0 Å². The van der Waals surface area contributed by atoms with Crippen LogP contribution in [0.5, 0.6) is 0 Å². The quantitative estimate of drug-likeness (QED) is 0.920. The van der Waals surface area contributed by atoms with Gasteiger partial charge in [0.05, 0.1) is 6.42 Å². The van der Waals surface area contributed by atoms with E-state index in [1.807, 2.05) is 11.8 Å². The van der Waals surface area contributed by atoms with Gasteiger partial charge in [-0.2, -0.15) is 0 Å². The minimum atomic E-state index is -0.415. The Labute approximate surface area is 117 Å². The topological polar surface area (TPSA) is 32.3 Å². The second-order valence-corrected chi connectivity index (χ2v) is 5.11. The Balaban J connectivity index is 2.10. The summed E-state index contributed by atoms with van der Waals surface area (Å²) in [6, 6.07) is 4.70. The molecule has 1 aliphatic heterocycles. The molecule has 0 aliphatic carbocycles. The van der Waals surface area contributed by atoms with Gasteiger partial charge in [0.25, 0.3) is 0 Å². The second kappa shape index (κ2) is 6.35. The zero-order valence-corrected chi connectivity index (χ0v) is 11.7. The van der Waals surface area contributed by atoms with E-state index in [1.165, 1.54) is 6.07 Å². The molecule has 1 aromatic carbocycles. The number of amides is 1. The Hall–Kier alpha value is -1.13. The molecule has 1 aromatic rings. The molecule has 1 fully saturated rings. The molecule has 1 amide bonds. The maximum Gasteiger partial charge on any atom is 0.227 e. The third-order valence-corrected chi connectivity index (χ3v) is 3.88. The number of likely N-dealkylation sites (N-methyl/N-ethyl adjacent to an activating group) is 1. The van der Waals surface area contributed by atoms with E-state index in [0.29, 0.717) is 17.1 Å². The molecule has 1 atom stereocenters. The summed E-state index contributed by atoms with van der Waals surface area (Å²) in [5.41, 5.74) is 0.290. The van der Waals surface area contributed by atoms with Crippen LogP contribution in [0.25, 0.3) is 0 Å². The molecule has 2 rings (SSSR count). The lowest BCUT2D eigenvalue weighted by Crippen LogP contribution is -2.42. The highest BCUT2D eigenvalue weighted by Crippen LogP contribution is 2.21. The lowest BCUT2D eigenvalue weighted by molar-refractivity contribution is -0.132. The third kappa shape index (κ3) is 3.25. The first-order chi connectivity index (χ1) is 9.13. The zero-order valence-electron chi connectivity index (χ0n) is 11.0. The summed E-state index contributed by atoms with van der Waals surface area (Å²) in [7, 11) is 0. The highest BCUT2D eigenvalue weighted by molar-refractivity contribution is 6.31. The van der Waals surface area contributed by atoms with Crippen molar-refractivity contribution in [1.29, 1.82) is 0 Å². The maximum absolute atomic E-state index is 13.7. The van der Waals surface area contributed by atoms with Gasteiger partial charge in [0, 0.05) is 29.7 Å². The summed E-state index contributed by atoms with van der Waals surface area (Å²) in [6.45, 7) is 4.32. The van der Waals surface area contributed by atoms with Gasteiger partial charge < -0.3 is 10.2 Å². The van der Waals surface area contributed by atoms with Gasteiger partial charge in [-0.1, -0.05) is 17.7 Å². The molecule has 1 unspecified atom stereocenters. The van der Waals surface area contributed by atoms with Crippen molar-refractivity contribution in [3.63, 3.8) is 0 Å². The first-order valence-corrected chi connectivity index (χ1v) is 6.94. The molecule has 1 saturated heterocycles. The third-order valence-electron chi connectivity index (χ3n) is 3.53. The number of rotatable bonds is 4. The molecule has 5 heteroatoms. The number of hydrogen-bond acceptors (Lipinski definition) is 2. The van der Waals surface area contributed by atoms with Gasteiger partial charge in [0.15, 0.2) is 0 Å². The molecule has 0 spiro atoms. The largest absolute Gasteiger partial charge is 0.338 e. The molecule has 3 nitrogen and oxygen atoms in total. The fourth-order valence-electron chi connectivity index (χ4n) is 2.50. The van der Waals surface area contributed by atoms with E-state index in [1.54, 1.807) is 12.1 Å². The minimum absolute atomic E-state index is 0.0237. The number of hydrogen-bond donors (Lipinski definition) is 1. The van der Waals surface area contributed by atoms with Crippen molar-refractivity contribution in [2.24, 2.45) is 0 Å². The molecule has 0 aromatic heterocycles. The standard InChI is InChI=1S/C14H18ClFN2O/c1-2-18(10-6-7-17-9-10)14(19)8-11-12(15)4-3-5-13(11)16/h3-5,10,17H,2,6-9H2,1H3. The highest BCUT2D eigenvalue weighted by Gasteiger charge is 2.26. The van der Waals surface area contributed by atoms with Crippen molar-refractivity contribution in [2.75, 3.05) is 19.6 Å². The number of carbonyl (C=O) groups excluding carboxylic acids is 1. The normalized spacial score (nSPS) is 18.6. The number of halogens is 2. The fraction of sp³-hybridized carbons (Fsp3) is 0.500. The molecule has 19 heavy (non-hydrogen) atoms. The van der Waals surface area contributed by atoms with Gasteiger partial charge in [-0.3, -0.25) is 4.79 Å². The molecule has 0 bridgehead atoms. The summed E-state index contributed by atoms with van der Waals surface area (Å²) >= 11 is 5.96. The number of nitrogens with one attached hydrogen (secondary N) is 1. The average molecular weight is 285 g/mol. The Morgan fingerprint density at radius 2 is 2.37 bits per heavy atom. The van der Waals surface area contributed by atoms with Crippen LogP contribution in [0.4, 0.5) is 4.39 Å². The zero-order chi connectivity index (χ0) is 13.8. The van der Waals surface area contributed by atoms with Crippen LogP contribution in [0.15, 0.2) is 18.2 Å². The van der Waals surface area contributed by atoms with Crippen LogP contribution in [0.2, 0.25) is 5.02 Å². The average Bonchev–Trinajstić information content (AvgIpc) is 2.89. The van der Waals surface area contributed by atoms with Crippen LogP contribution in [-0.2, 0) is 11.2 Å².